The van der Waals surface area contributed by atoms with Crippen LogP contribution in [0.15, 0.2) is 0 Å². The zero-order valence-electron chi connectivity index (χ0n) is 6.68. The Kier molecular flexibility index (Phi) is 193. The molecule has 0 aliphatic carbocycles. The maximum absolute atomic E-state index is 9.75. The van der Waals surface area contributed by atoms with E-state index in [0.717, 1.165) is 0 Å². The van der Waals surface area contributed by atoms with Crippen LogP contribution >= 0.6 is 48.9 Å². The molecule has 0 radical (unpaired) electrons. The molecule has 0 fully saturated rings. The van der Waals surface area contributed by atoms with E-state index in [1.807, 2.05) is 0 Å². The second kappa shape index (κ2) is 98.6. The Bertz CT molecular complexity index is 177. The average molecular weight is 318 g/mol. The predicted octanol–water partition coefficient (Wildman–Crippen LogP) is 3.47. The second-order valence-corrected chi connectivity index (χ2v) is 1.39. The van der Waals surface area contributed by atoms with Gasteiger partial charge in [-0.2, -0.15) is 20.6 Å². The molecule has 0 unspecified atom stereocenters. The molecule has 0 bridgehead atoms. The van der Waals surface area contributed by atoms with Gasteiger partial charge in [0, 0.05) is 0 Å². The normalized spacial score (nSPS) is 3.07. The molecule has 0 rings (SSSR count). The van der Waals surface area contributed by atoms with Crippen molar-refractivity contribution >= 4 is 69.5 Å². The number of hydrogen-bond acceptors (Lipinski definition) is 4. The number of isothiocyanates is 4. The monoisotopic (exact) mass is 318 g/mol. The number of thiocarbonyl (C=S) groups is 4. The van der Waals surface area contributed by atoms with Crippen molar-refractivity contribution < 1.29 is 26.4 Å². The first-order valence-electron chi connectivity index (χ1n) is 2.09. The molecule has 0 amide bonds. The molecule has 0 saturated heterocycles. The van der Waals surface area contributed by atoms with Crippen molar-refractivity contribution in [3.05, 3.63) is 21.6 Å². The fourth-order valence-electron chi connectivity index (χ4n) is 0. The minimum Gasteiger partial charge on any atom is -0.753 e. The average Bonchev–Trinajstić information content (AvgIpc) is 2.09. The van der Waals surface area contributed by atoms with Gasteiger partial charge in [0.2, 0.25) is 0 Å². The Morgan fingerprint density at radius 2 is 0.667 bits per heavy atom. The molecule has 15 heavy (non-hydrogen) atoms. The minimum atomic E-state index is -2.50. The molecule has 0 aromatic heterocycles. The molecule has 0 aromatic carbocycles. The van der Waals surface area contributed by atoms with Crippen LogP contribution in [0.3, 0.4) is 0 Å². The van der Waals surface area contributed by atoms with Gasteiger partial charge in [0.1, 0.15) is 0 Å². The largest absolute Gasteiger partial charge is 0.753 e. The topological polar surface area (TPSA) is 89.2 Å². The van der Waals surface area contributed by atoms with Gasteiger partial charge in [-0.3, -0.25) is 0 Å². The number of hydrogen-bond donors (Lipinski definition) is 0. The van der Waals surface area contributed by atoms with Gasteiger partial charge < -0.3 is 21.6 Å². The third-order valence-electron chi connectivity index (χ3n) is 0. The van der Waals surface area contributed by atoms with Gasteiger partial charge in [0.15, 0.2) is 0 Å². The SMILES string of the molecule is [F][Ti][F].[N-]=C=S.[N-]=C=S.[N-]=C=S.[N-]=C=S. The minimum absolute atomic E-state index is 1.33. The summed E-state index contributed by atoms with van der Waals surface area (Å²) in [5, 5.41) is 33.9. The van der Waals surface area contributed by atoms with E-state index in [-0.39, 0.29) is 0 Å². The molecule has 4 nitrogen and oxygen atoms in total. The van der Waals surface area contributed by atoms with Crippen molar-refractivity contribution in [3.63, 3.8) is 0 Å². The van der Waals surface area contributed by atoms with Crippen LogP contribution in [0.25, 0.3) is 21.6 Å². The third kappa shape index (κ3) is 37500. The van der Waals surface area contributed by atoms with Crippen molar-refractivity contribution in [2.75, 3.05) is 0 Å². The van der Waals surface area contributed by atoms with Gasteiger partial charge in [0.25, 0.3) is 0 Å². The third-order valence-corrected chi connectivity index (χ3v) is 0. The molecular weight excluding hydrogens is 318 g/mol. The fraction of sp³-hybridized carbons (Fsp3) is 0. The van der Waals surface area contributed by atoms with Crippen LogP contribution in [-0.4, -0.2) is 20.6 Å². The summed E-state index contributed by atoms with van der Waals surface area (Å²) in [5.74, 6) is 0. The Balaban J connectivity index is -0.0000000278. The molecule has 0 aliphatic heterocycles. The van der Waals surface area contributed by atoms with Crippen LogP contribution in [0.5, 0.6) is 0 Å². The number of rotatable bonds is 0. The summed E-state index contributed by atoms with van der Waals surface area (Å²) < 4.78 is 19.5. The van der Waals surface area contributed by atoms with E-state index in [0.29, 0.717) is 0 Å². The smallest absolute Gasteiger partial charge is 0.0548 e. The van der Waals surface area contributed by atoms with Crippen LogP contribution in [-0.2, 0) is 20.2 Å². The first-order chi connectivity index (χ1) is 7.07. The molecule has 82 valence electrons. The molecule has 0 saturated carbocycles. The predicted molar refractivity (Wildman–Crippen MR) is 66.0 cm³/mol. The van der Waals surface area contributed by atoms with Crippen molar-refractivity contribution in [2.45, 2.75) is 0 Å². The van der Waals surface area contributed by atoms with E-state index >= 15 is 0 Å². The van der Waals surface area contributed by atoms with Gasteiger partial charge in [0.05, 0.1) is 0 Å². The summed E-state index contributed by atoms with van der Waals surface area (Å²) in [6, 6.07) is 0. The summed E-state index contributed by atoms with van der Waals surface area (Å²) >= 11 is 12.3. The first-order valence-corrected chi connectivity index (χ1v) is 4.90. The second-order valence-electron chi connectivity index (χ2n) is 0.437. The van der Waals surface area contributed by atoms with Crippen LogP contribution in [0, 0.1) is 0 Å². The van der Waals surface area contributed by atoms with E-state index < -0.39 is 20.2 Å². The van der Waals surface area contributed by atoms with Gasteiger partial charge in [-0.05, 0) is 0 Å². The number of nitrogens with zero attached hydrogens (tertiary/aromatic N) is 4. The molecule has 0 aliphatic rings. The zero-order valence-corrected chi connectivity index (χ0v) is 11.5. The van der Waals surface area contributed by atoms with Crippen molar-refractivity contribution in [1.29, 1.82) is 0 Å². The van der Waals surface area contributed by atoms with E-state index in [1.165, 1.54) is 20.6 Å². The zero-order chi connectivity index (χ0) is 13.5. The molecule has 0 N–H and O–H groups in total. The van der Waals surface area contributed by atoms with Crippen LogP contribution in [0.2, 0.25) is 0 Å². The molecule has 0 aromatic rings. The Morgan fingerprint density at radius 1 is 0.667 bits per heavy atom. The maximum Gasteiger partial charge on any atom is -0.0548 e. The van der Waals surface area contributed by atoms with E-state index in [2.05, 4.69) is 48.9 Å². The summed E-state index contributed by atoms with van der Waals surface area (Å²) in [6.45, 7) is 0. The van der Waals surface area contributed by atoms with E-state index in [9.17, 15) is 6.18 Å². The van der Waals surface area contributed by atoms with Crippen molar-refractivity contribution in [3.8, 4) is 0 Å². The molecule has 0 atom stereocenters. The van der Waals surface area contributed by atoms with Crippen molar-refractivity contribution in [1.82, 2.24) is 0 Å². The van der Waals surface area contributed by atoms with Gasteiger partial charge in [-0.1, -0.05) is 48.9 Å². The van der Waals surface area contributed by atoms with Gasteiger partial charge >= 0.3 is 26.4 Å². The summed E-state index contributed by atoms with van der Waals surface area (Å²) in [7, 11) is 0. The van der Waals surface area contributed by atoms with E-state index in [4.69, 9.17) is 21.6 Å². The molecule has 0 spiro atoms. The summed E-state index contributed by atoms with van der Waals surface area (Å²) in [5.41, 5.74) is 0. The molecule has 0 heterocycles. The van der Waals surface area contributed by atoms with Gasteiger partial charge in [-0.15, -0.1) is 0 Å². The Labute approximate surface area is 117 Å². The Morgan fingerprint density at radius 3 is 0.667 bits per heavy atom. The quantitative estimate of drug-likeness (QED) is 0.388. The Hall–Kier alpha value is -0.226. The van der Waals surface area contributed by atoms with Crippen LogP contribution < -0.4 is 0 Å². The van der Waals surface area contributed by atoms with Crippen molar-refractivity contribution in [2.24, 2.45) is 0 Å². The van der Waals surface area contributed by atoms with Gasteiger partial charge in [-0.25, -0.2) is 0 Å². The standard InChI is InChI=1S/4CNS.2FH.Ti/c4*2-1-3;;;/h;;;;2*1H;/q4*-1;;;+2/p-2. The molecule has 11 heteroatoms. The maximum atomic E-state index is 9.75. The number of halogens is 2. The summed E-state index contributed by atoms with van der Waals surface area (Å²) in [4.78, 5) is 0. The fourth-order valence-corrected chi connectivity index (χ4v) is 0. The van der Waals surface area contributed by atoms with E-state index in [1.54, 1.807) is 0 Å². The molecular formula is C4F2N4S4Ti-4. The summed E-state index contributed by atoms with van der Waals surface area (Å²) in [6.07, 6.45) is 0. The van der Waals surface area contributed by atoms with Crippen LogP contribution in [0.4, 0.5) is 6.18 Å². The first kappa shape index (κ1) is 29.3. The van der Waals surface area contributed by atoms with Crippen LogP contribution in [0.1, 0.15) is 0 Å².